The maximum atomic E-state index is 12.8. The Morgan fingerprint density at radius 1 is 1.20 bits per heavy atom. The molecule has 138 valence electrons. The fraction of sp³-hybridized carbons (Fsp3) is 0.650. The highest BCUT2D eigenvalue weighted by Gasteiger charge is 2.29. The zero-order valence-electron chi connectivity index (χ0n) is 15.3. The number of morpholine rings is 1. The van der Waals surface area contributed by atoms with Crippen LogP contribution in [0.3, 0.4) is 0 Å². The van der Waals surface area contributed by atoms with E-state index in [1.807, 2.05) is 30.9 Å². The molecule has 4 nitrogen and oxygen atoms in total. The Labute approximate surface area is 156 Å². The van der Waals surface area contributed by atoms with Gasteiger partial charge in [-0.2, -0.15) is 0 Å². The standard InChI is InChI=1S/C20H29ClN2O2/c1-15-11-23(12-16(2)25-15)20(24)14-22(13-18-3-4-18)10-9-17-5-7-19(21)8-6-17/h5-8,15-16,18H,3-4,9-14H2,1-2H3. The number of carbonyl (C=O) groups is 1. The third-order valence-corrected chi connectivity index (χ3v) is 5.23. The Kier molecular flexibility index (Phi) is 6.37. The first kappa shape index (κ1) is 18.7. The molecule has 1 saturated carbocycles. The fourth-order valence-electron chi connectivity index (χ4n) is 3.51. The van der Waals surface area contributed by atoms with Crippen LogP contribution in [0.2, 0.25) is 5.02 Å². The van der Waals surface area contributed by atoms with E-state index in [1.54, 1.807) is 0 Å². The van der Waals surface area contributed by atoms with Gasteiger partial charge in [0, 0.05) is 31.2 Å². The van der Waals surface area contributed by atoms with Crippen molar-refractivity contribution >= 4 is 17.5 Å². The maximum Gasteiger partial charge on any atom is 0.236 e. The van der Waals surface area contributed by atoms with Crippen LogP contribution in [-0.4, -0.2) is 60.6 Å². The highest BCUT2D eigenvalue weighted by molar-refractivity contribution is 6.30. The van der Waals surface area contributed by atoms with E-state index in [0.717, 1.165) is 30.5 Å². The molecular weight excluding hydrogens is 336 g/mol. The summed E-state index contributed by atoms with van der Waals surface area (Å²) in [6, 6.07) is 8.02. The van der Waals surface area contributed by atoms with Crippen LogP contribution in [0.15, 0.2) is 24.3 Å². The number of benzene rings is 1. The van der Waals surface area contributed by atoms with Gasteiger partial charge in [0.2, 0.25) is 5.91 Å². The molecule has 0 aromatic heterocycles. The number of carbonyl (C=O) groups excluding carboxylic acids is 1. The molecule has 0 N–H and O–H groups in total. The lowest BCUT2D eigenvalue weighted by molar-refractivity contribution is -0.144. The van der Waals surface area contributed by atoms with Crippen molar-refractivity contribution in [1.82, 2.24) is 9.80 Å². The van der Waals surface area contributed by atoms with E-state index in [4.69, 9.17) is 16.3 Å². The van der Waals surface area contributed by atoms with E-state index >= 15 is 0 Å². The summed E-state index contributed by atoms with van der Waals surface area (Å²) in [5, 5.41) is 0.768. The molecular formula is C20H29ClN2O2. The molecule has 1 amide bonds. The van der Waals surface area contributed by atoms with Crippen LogP contribution in [0, 0.1) is 5.92 Å². The Morgan fingerprint density at radius 2 is 1.84 bits per heavy atom. The van der Waals surface area contributed by atoms with Crippen LogP contribution in [0.1, 0.15) is 32.3 Å². The summed E-state index contributed by atoms with van der Waals surface area (Å²) in [5.41, 5.74) is 1.27. The highest BCUT2D eigenvalue weighted by Crippen LogP contribution is 2.29. The Bertz CT molecular complexity index is 564. The molecule has 1 saturated heterocycles. The van der Waals surface area contributed by atoms with Gasteiger partial charge in [0.15, 0.2) is 0 Å². The molecule has 1 heterocycles. The lowest BCUT2D eigenvalue weighted by Crippen LogP contribution is -2.51. The second-order valence-corrected chi connectivity index (χ2v) is 8.05. The van der Waals surface area contributed by atoms with Gasteiger partial charge in [-0.25, -0.2) is 0 Å². The van der Waals surface area contributed by atoms with Crippen LogP contribution in [0.25, 0.3) is 0 Å². The predicted octanol–water partition coefficient (Wildman–Crippen LogP) is 3.23. The van der Waals surface area contributed by atoms with Crippen LogP contribution >= 0.6 is 11.6 Å². The molecule has 1 aliphatic carbocycles. The monoisotopic (exact) mass is 364 g/mol. The fourth-order valence-corrected chi connectivity index (χ4v) is 3.64. The van der Waals surface area contributed by atoms with Crippen molar-refractivity contribution in [3.8, 4) is 0 Å². The van der Waals surface area contributed by atoms with E-state index in [9.17, 15) is 4.79 Å². The van der Waals surface area contributed by atoms with Crippen molar-refractivity contribution in [3.05, 3.63) is 34.9 Å². The van der Waals surface area contributed by atoms with E-state index < -0.39 is 0 Å². The third kappa shape index (κ3) is 5.98. The molecule has 0 bridgehead atoms. The first-order valence-corrected chi connectivity index (χ1v) is 9.77. The Hall–Kier alpha value is -1.10. The molecule has 2 atom stereocenters. The van der Waals surface area contributed by atoms with E-state index in [0.29, 0.717) is 19.6 Å². The molecule has 0 spiro atoms. The second kappa shape index (κ2) is 8.52. The summed E-state index contributed by atoms with van der Waals surface area (Å²) in [4.78, 5) is 17.1. The van der Waals surface area contributed by atoms with Gasteiger partial charge < -0.3 is 9.64 Å². The van der Waals surface area contributed by atoms with Crippen LogP contribution in [0.4, 0.5) is 0 Å². The van der Waals surface area contributed by atoms with Crippen molar-refractivity contribution in [2.24, 2.45) is 5.92 Å². The number of nitrogens with zero attached hydrogens (tertiary/aromatic N) is 2. The number of rotatable bonds is 7. The van der Waals surface area contributed by atoms with E-state index in [-0.39, 0.29) is 18.1 Å². The molecule has 1 aromatic carbocycles. The number of halogens is 1. The van der Waals surface area contributed by atoms with Gasteiger partial charge >= 0.3 is 0 Å². The van der Waals surface area contributed by atoms with Crippen molar-refractivity contribution in [1.29, 1.82) is 0 Å². The summed E-state index contributed by atoms with van der Waals surface area (Å²) in [6.45, 7) is 7.96. The molecule has 3 rings (SSSR count). The van der Waals surface area contributed by atoms with E-state index in [1.165, 1.54) is 18.4 Å². The molecule has 25 heavy (non-hydrogen) atoms. The van der Waals surface area contributed by atoms with Crippen molar-refractivity contribution in [2.45, 2.75) is 45.3 Å². The molecule has 2 fully saturated rings. The average molecular weight is 365 g/mol. The lowest BCUT2D eigenvalue weighted by atomic mass is 10.1. The smallest absolute Gasteiger partial charge is 0.236 e. The first-order chi connectivity index (χ1) is 12.0. The molecule has 0 radical (unpaired) electrons. The summed E-state index contributed by atoms with van der Waals surface area (Å²) >= 11 is 5.96. The van der Waals surface area contributed by atoms with Gasteiger partial charge in [-0.05, 0) is 56.7 Å². The van der Waals surface area contributed by atoms with Gasteiger partial charge in [0.1, 0.15) is 0 Å². The lowest BCUT2D eigenvalue weighted by Gasteiger charge is -2.36. The Morgan fingerprint density at radius 3 is 2.44 bits per heavy atom. The molecule has 5 heteroatoms. The topological polar surface area (TPSA) is 32.8 Å². The summed E-state index contributed by atoms with van der Waals surface area (Å²) in [7, 11) is 0. The molecule has 2 unspecified atom stereocenters. The normalized spacial score (nSPS) is 23.9. The van der Waals surface area contributed by atoms with Crippen LogP contribution in [-0.2, 0) is 16.0 Å². The SMILES string of the molecule is CC1CN(C(=O)CN(CCc2ccc(Cl)cc2)CC2CC2)CC(C)O1. The maximum absolute atomic E-state index is 12.8. The first-order valence-electron chi connectivity index (χ1n) is 9.39. The Balaban J connectivity index is 1.54. The minimum Gasteiger partial charge on any atom is -0.372 e. The van der Waals surface area contributed by atoms with Gasteiger partial charge in [-0.15, -0.1) is 0 Å². The van der Waals surface area contributed by atoms with Gasteiger partial charge in [-0.1, -0.05) is 23.7 Å². The average Bonchev–Trinajstić information content (AvgIpc) is 3.37. The zero-order chi connectivity index (χ0) is 17.8. The van der Waals surface area contributed by atoms with Crippen molar-refractivity contribution < 1.29 is 9.53 Å². The predicted molar refractivity (Wildman–Crippen MR) is 101 cm³/mol. The third-order valence-electron chi connectivity index (χ3n) is 4.97. The minimum atomic E-state index is 0.124. The summed E-state index contributed by atoms with van der Waals surface area (Å²) in [6.07, 6.45) is 3.80. The highest BCUT2D eigenvalue weighted by atomic mass is 35.5. The largest absolute Gasteiger partial charge is 0.372 e. The molecule has 2 aliphatic rings. The second-order valence-electron chi connectivity index (χ2n) is 7.61. The van der Waals surface area contributed by atoms with E-state index in [2.05, 4.69) is 17.0 Å². The van der Waals surface area contributed by atoms with Gasteiger partial charge in [-0.3, -0.25) is 9.69 Å². The molecule has 1 aromatic rings. The number of hydrogen-bond donors (Lipinski definition) is 0. The summed E-state index contributed by atoms with van der Waals surface area (Å²) in [5.74, 6) is 1.01. The van der Waals surface area contributed by atoms with Crippen molar-refractivity contribution in [3.63, 3.8) is 0 Å². The van der Waals surface area contributed by atoms with Gasteiger partial charge in [0.25, 0.3) is 0 Å². The minimum absolute atomic E-state index is 0.124. The van der Waals surface area contributed by atoms with Gasteiger partial charge in [0.05, 0.1) is 18.8 Å². The number of hydrogen-bond acceptors (Lipinski definition) is 3. The van der Waals surface area contributed by atoms with Crippen LogP contribution in [0.5, 0.6) is 0 Å². The number of amides is 1. The number of ether oxygens (including phenoxy) is 1. The van der Waals surface area contributed by atoms with Crippen molar-refractivity contribution in [2.75, 3.05) is 32.7 Å². The zero-order valence-corrected chi connectivity index (χ0v) is 16.0. The summed E-state index contributed by atoms with van der Waals surface area (Å²) < 4.78 is 5.74. The van der Waals surface area contributed by atoms with Crippen LogP contribution < -0.4 is 0 Å². The quantitative estimate of drug-likeness (QED) is 0.744. The molecule has 1 aliphatic heterocycles.